The van der Waals surface area contributed by atoms with E-state index < -0.39 is 11.6 Å². The highest BCUT2D eigenvalue weighted by Crippen LogP contribution is 2.35. The zero-order valence-corrected chi connectivity index (χ0v) is 19.5. The first-order valence-corrected chi connectivity index (χ1v) is 10.1. The van der Waals surface area contributed by atoms with E-state index in [0.717, 1.165) is 0 Å². The van der Waals surface area contributed by atoms with E-state index in [1.807, 2.05) is 41.5 Å². The number of hydrogen-bond acceptors (Lipinski definition) is 5. The molecule has 0 saturated carbocycles. The number of benzene rings is 1. The number of carbonyl (C=O) groups excluding carboxylic acids is 2. The maximum atomic E-state index is 11.7. The standard InChI is InChI=1S/C15H15BrO5.3C2H6/c1-15(2,3)21-12(18)8-20-13-9(7-17)6-11(16)14-10(13)4-5-19-14;3*1-2/h4-7H,8H2,1-3H3;3*1-2H3. The second-order valence-corrected chi connectivity index (χ2v) is 6.29. The Labute approximate surface area is 171 Å². The molecule has 0 fully saturated rings. The van der Waals surface area contributed by atoms with Crippen LogP contribution in [0.3, 0.4) is 0 Å². The third-order valence-electron chi connectivity index (χ3n) is 2.55. The molecule has 27 heavy (non-hydrogen) atoms. The van der Waals surface area contributed by atoms with Crippen LogP contribution in [-0.4, -0.2) is 24.5 Å². The molecule has 2 rings (SSSR count). The van der Waals surface area contributed by atoms with Crippen molar-refractivity contribution in [3.05, 3.63) is 28.4 Å². The number of rotatable bonds is 4. The van der Waals surface area contributed by atoms with E-state index in [1.165, 1.54) is 6.26 Å². The third-order valence-corrected chi connectivity index (χ3v) is 3.14. The first kappa shape index (κ1) is 27.4. The predicted octanol–water partition coefficient (Wildman–Crippen LogP) is 6.81. The lowest BCUT2D eigenvalue weighted by molar-refractivity contribution is -0.157. The van der Waals surface area contributed by atoms with Gasteiger partial charge in [0, 0.05) is 0 Å². The summed E-state index contributed by atoms with van der Waals surface area (Å²) in [5, 5.41) is 0.620. The van der Waals surface area contributed by atoms with Crippen molar-refractivity contribution in [2.45, 2.75) is 67.9 Å². The van der Waals surface area contributed by atoms with Crippen LogP contribution < -0.4 is 4.74 Å². The van der Waals surface area contributed by atoms with Crippen LogP contribution in [0.5, 0.6) is 5.75 Å². The molecule has 0 saturated heterocycles. The molecule has 1 aromatic heterocycles. The van der Waals surface area contributed by atoms with Gasteiger partial charge < -0.3 is 13.9 Å². The minimum atomic E-state index is -0.585. The summed E-state index contributed by atoms with van der Waals surface area (Å²) in [6.07, 6.45) is 2.16. The lowest BCUT2D eigenvalue weighted by Gasteiger charge is -2.19. The van der Waals surface area contributed by atoms with Gasteiger partial charge in [0.15, 0.2) is 18.5 Å². The van der Waals surface area contributed by atoms with Gasteiger partial charge in [-0.3, -0.25) is 4.79 Å². The zero-order chi connectivity index (χ0) is 21.6. The summed E-state index contributed by atoms with van der Waals surface area (Å²) < 4.78 is 16.6. The fourth-order valence-electron chi connectivity index (χ4n) is 1.85. The predicted molar refractivity (Wildman–Crippen MR) is 115 cm³/mol. The molecule has 0 amide bonds. The number of furan rings is 1. The van der Waals surface area contributed by atoms with Crippen LogP contribution in [-0.2, 0) is 9.53 Å². The Balaban J connectivity index is 0. The van der Waals surface area contributed by atoms with E-state index in [4.69, 9.17) is 13.9 Å². The van der Waals surface area contributed by atoms with Gasteiger partial charge in [0.25, 0.3) is 0 Å². The van der Waals surface area contributed by atoms with E-state index in [1.54, 1.807) is 32.9 Å². The van der Waals surface area contributed by atoms with Crippen molar-refractivity contribution < 1.29 is 23.5 Å². The highest BCUT2D eigenvalue weighted by Gasteiger charge is 2.19. The Bertz CT molecular complexity index is 684. The average Bonchev–Trinajstić information content (AvgIpc) is 3.14. The van der Waals surface area contributed by atoms with Gasteiger partial charge in [-0.25, -0.2) is 4.79 Å². The largest absolute Gasteiger partial charge is 0.480 e. The first-order valence-electron chi connectivity index (χ1n) is 9.31. The summed E-state index contributed by atoms with van der Waals surface area (Å²) in [5.74, 6) is -0.193. The molecule has 0 N–H and O–H groups in total. The normalized spacial score (nSPS) is 9.56. The molecule has 0 atom stereocenters. The Morgan fingerprint density at radius 1 is 1.15 bits per heavy atom. The fraction of sp³-hybridized carbons (Fsp3) is 0.524. The molecule has 1 heterocycles. The molecule has 2 aromatic rings. The fourth-order valence-corrected chi connectivity index (χ4v) is 2.40. The summed E-state index contributed by atoms with van der Waals surface area (Å²) in [5.41, 5.74) is 0.303. The second-order valence-electron chi connectivity index (χ2n) is 5.43. The van der Waals surface area contributed by atoms with E-state index in [0.29, 0.717) is 33.0 Å². The first-order chi connectivity index (χ1) is 12.8. The van der Waals surface area contributed by atoms with Crippen molar-refractivity contribution in [1.82, 2.24) is 0 Å². The van der Waals surface area contributed by atoms with Gasteiger partial charge in [0.1, 0.15) is 11.4 Å². The Hall–Kier alpha value is -1.82. The van der Waals surface area contributed by atoms with Gasteiger partial charge in [-0.1, -0.05) is 41.5 Å². The molecule has 1 aromatic carbocycles. The van der Waals surface area contributed by atoms with Gasteiger partial charge in [-0.2, -0.15) is 0 Å². The molecule has 0 spiro atoms. The summed E-state index contributed by atoms with van der Waals surface area (Å²) in [6.45, 7) is 17.0. The van der Waals surface area contributed by atoms with Crippen LogP contribution in [0.25, 0.3) is 11.0 Å². The Kier molecular flexibility index (Phi) is 14.5. The number of ether oxygens (including phenoxy) is 2. The molecule has 0 aliphatic rings. The summed E-state index contributed by atoms with van der Waals surface area (Å²) in [7, 11) is 0. The van der Waals surface area contributed by atoms with Crippen molar-refractivity contribution in [2.75, 3.05) is 6.61 Å². The van der Waals surface area contributed by atoms with Crippen LogP contribution in [0.2, 0.25) is 0 Å². The maximum absolute atomic E-state index is 11.7. The molecule has 0 aliphatic carbocycles. The molecule has 0 aliphatic heterocycles. The molecular weight excluding hydrogens is 412 g/mol. The number of aldehydes is 1. The maximum Gasteiger partial charge on any atom is 0.344 e. The molecule has 0 bridgehead atoms. The van der Waals surface area contributed by atoms with Gasteiger partial charge in [0.05, 0.1) is 21.7 Å². The van der Waals surface area contributed by atoms with Gasteiger partial charge in [-0.15, -0.1) is 0 Å². The molecule has 154 valence electrons. The van der Waals surface area contributed by atoms with Crippen LogP contribution in [0, 0.1) is 0 Å². The summed E-state index contributed by atoms with van der Waals surface area (Å²) in [4.78, 5) is 22.9. The molecular formula is C21H33BrO5. The molecule has 6 heteroatoms. The minimum Gasteiger partial charge on any atom is -0.480 e. The Morgan fingerprint density at radius 3 is 2.19 bits per heavy atom. The molecule has 5 nitrogen and oxygen atoms in total. The summed E-state index contributed by atoms with van der Waals surface area (Å²) in [6, 6.07) is 3.26. The van der Waals surface area contributed by atoms with Crippen LogP contribution >= 0.6 is 15.9 Å². The topological polar surface area (TPSA) is 65.7 Å². The van der Waals surface area contributed by atoms with Gasteiger partial charge >= 0.3 is 5.97 Å². The van der Waals surface area contributed by atoms with E-state index >= 15 is 0 Å². The number of carbonyl (C=O) groups is 2. The van der Waals surface area contributed by atoms with Gasteiger partial charge in [0.2, 0.25) is 0 Å². The van der Waals surface area contributed by atoms with Gasteiger partial charge in [-0.05, 0) is 48.8 Å². The van der Waals surface area contributed by atoms with E-state index in [2.05, 4.69) is 15.9 Å². The SMILES string of the molecule is CC.CC.CC.CC(C)(C)OC(=O)COc1c(C=O)cc(Br)c2occc12. The average molecular weight is 445 g/mol. The number of fused-ring (bicyclic) bond motifs is 1. The summed E-state index contributed by atoms with van der Waals surface area (Å²) >= 11 is 3.32. The van der Waals surface area contributed by atoms with Crippen LogP contribution in [0.4, 0.5) is 0 Å². The number of halogens is 1. The number of esters is 1. The number of hydrogen-bond donors (Lipinski definition) is 0. The quantitative estimate of drug-likeness (QED) is 0.382. The smallest absolute Gasteiger partial charge is 0.344 e. The van der Waals surface area contributed by atoms with Crippen LogP contribution in [0.15, 0.2) is 27.3 Å². The molecule has 0 unspecified atom stereocenters. The van der Waals surface area contributed by atoms with Crippen molar-refractivity contribution in [1.29, 1.82) is 0 Å². The monoisotopic (exact) mass is 444 g/mol. The second kappa shape index (κ2) is 14.3. The molecule has 0 radical (unpaired) electrons. The van der Waals surface area contributed by atoms with Crippen molar-refractivity contribution in [2.24, 2.45) is 0 Å². The third kappa shape index (κ3) is 9.09. The van der Waals surface area contributed by atoms with Crippen molar-refractivity contribution in [3.63, 3.8) is 0 Å². The van der Waals surface area contributed by atoms with Crippen molar-refractivity contribution in [3.8, 4) is 5.75 Å². The van der Waals surface area contributed by atoms with E-state index in [-0.39, 0.29) is 6.61 Å². The van der Waals surface area contributed by atoms with Crippen molar-refractivity contribution >= 4 is 39.2 Å². The minimum absolute atomic E-state index is 0.278. The van der Waals surface area contributed by atoms with Crippen LogP contribution in [0.1, 0.15) is 72.7 Å². The zero-order valence-electron chi connectivity index (χ0n) is 17.9. The highest BCUT2D eigenvalue weighted by atomic mass is 79.9. The van der Waals surface area contributed by atoms with E-state index in [9.17, 15) is 9.59 Å². The highest BCUT2D eigenvalue weighted by molar-refractivity contribution is 9.10. The lowest BCUT2D eigenvalue weighted by Crippen LogP contribution is -2.27. The lowest BCUT2D eigenvalue weighted by atomic mass is 10.1. The Morgan fingerprint density at radius 2 is 1.70 bits per heavy atom.